The van der Waals surface area contributed by atoms with Gasteiger partial charge in [0.2, 0.25) is 0 Å². The Morgan fingerprint density at radius 1 is 1.47 bits per heavy atom. The van der Waals surface area contributed by atoms with Crippen molar-refractivity contribution in [2.45, 2.75) is 25.5 Å². The molecular weight excluding hydrogens is 265 g/mol. The van der Waals surface area contributed by atoms with Crippen LogP contribution in [0.1, 0.15) is 24.9 Å². The molecule has 17 heavy (non-hydrogen) atoms. The van der Waals surface area contributed by atoms with Gasteiger partial charge in [-0.2, -0.15) is 0 Å². The van der Waals surface area contributed by atoms with Crippen LogP contribution < -0.4 is 5.32 Å². The van der Waals surface area contributed by atoms with Crippen molar-refractivity contribution in [1.82, 2.24) is 5.32 Å². The zero-order valence-electron chi connectivity index (χ0n) is 9.15. The van der Waals surface area contributed by atoms with E-state index in [-0.39, 0.29) is 0 Å². The first-order valence-corrected chi connectivity index (χ1v) is 5.83. The summed E-state index contributed by atoms with van der Waals surface area (Å²) in [5.41, 5.74) is 0.507. The first-order chi connectivity index (χ1) is 7.95. The topological polar surface area (TPSA) is 69.6 Å². The molecule has 2 atom stereocenters. The number of hydrogen-bond donors (Lipinski definition) is 3. The van der Waals surface area contributed by atoms with Crippen molar-refractivity contribution in [2.24, 2.45) is 0 Å². The fourth-order valence-electron chi connectivity index (χ4n) is 1.50. The lowest BCUT2D eigenvalue weighted by Crippen LogP contribution is -2.35. The minimum Gasteiger partial charge on any atom is -0.465 e. The summed E-state index contributed by atoms with van der Waals surface area (Å²) >= 11 is 11.7. The van der Waals surface area contributed by atoms with E-state index in [0.717, 1.165) is 0 Å². The van der Waals surface area contributed by atoms with Gasteiger partial charge in [-0.25, -0.2) is 4.79 Å². The number of nitrogens with one attached hydrogen (secondary N) is 1. The molecule has 6 heteroatoms. The Morgan fingerprint density at radius 2 is 2.12 bits per heavy atom. The average Bonchev–Trinajstić information content (AvgIpc) is 2.25. The summed E-state index contributed by atoms with van der Waals surface area (Å²) in [6.07, 6.45) is -1.65. The number of aliphatic hydroxyl groups is 1. The molecule has 0 aliphatic heterocycles. The minimum absolute atomic E-state index is 0.323. The van der Waals surface area contributed by atoms with Crippen molar-refractivity contribution in [3.8, 4) is 0 Å². The van der Waals surface area contributed by atoms with Crippen LogP contribution in [0.5, 0.6) is 0 Å². The molecule has 4 nitrogen and oxygen atoms in total. The van der Waals surface area contributed by atoms with E-state index in [1.807, 2.05) is 0 Å². The van der Waals surface area contributed by atoms with Gasteiger partial charge in [0, 0.05) is 10.0 Å². The Morgan fingerprint density at radius 3 is 2.59 bits per heavy atom. The summed E-state index contributed by atoms with van der Waals surface area (Å²) in [5.74, 6) is 0. The summed E-state index contributed by atoms with van der Waals surface area (Å²) in [7, 11) is 0. The van der Waals surface area contributed by atoms with Crippen LogP contribution in [-0.2, 0) is 0 Å². The lowest BCUT2D eigenvalue weighted by atomic mass is 10.00. The van der Waals surface area contributed by atoms with E-state index < -0.39 is 18.2 Å². The highest BCUT2D eigenvalue weighted by molar-refractivity contribution is 6.35. The van der Waals surface area contributed by atoms with Gasteiger partial charge in [-0.05, 0) is 24.1 Å². The third-order valence-corrected chi connectivity index (χ3v) is 2.94. The number of carboxylic acid groups (broad SMARTS) is 1. The van der Waals surface area contributed by atoms with E-state index in [9.17, 15) is 9.90 Å². The Kier molecular flexibility index (Phi) is 5.05. The van der Waals surface area contributed by atoms with Gasteiger partial charge in [-0.15, -0.1) is 0 Å². The second kappa shape index (κ2) is 6.10. The van der Waals surface area contributed by atoms with Gasteiger partial charge in [0.15, 0.2) is 0 Å². The van der Waals surface area contributed by atoms with E-state index >= 15 is 0 Å². The number of aliphatic hydroxyl groups excluding tert-OH is 1. The molecule has 1 amide bonds. The molecule has 0 aliphatic carbocycles. The van der Waals surface area contributed by atoms with Crippen LogP contribution in [0.15, 0.2) is 18.2 Å². The molecule has 1 aromatic carbocycles. The van der Waals surface area contributed by atoms with Crippen molar-refractivity contribution in [3.05, 3.63) is 33.8 Å². The predicted molar refractivity (Wildman–Crippen MR) is 66.7 cm³/mol. The molecule has 0 saturated heterocycles. The van der Waals surface area contributed by atoms with E-state index in [4.69, 9.17) is 28.3 Å². The fraction of sp³-hybridized carbons (Fsp3) is 0.364. The van der Waals surface area contributed by atoms with E-state index in [1.54, 1.807) is 19.1 Å². The molecular formula is C11H13Cl2NO3. The maximum Gasteiger partial charge on any atom is 0.405 e. The zero-order chi connectivity index (χ0) is 13.0. The standard InChI is InChI=1S/C11H13Cl2NO3/c1-2-9(15)10(14-11(16)17)7-4-3-6(12)5-8(7)13/h3-5,9-10,14-15H,2H2,1H3,(H,16,17)/t9-,10-/m1/s1. The Balaban J connectivity index is 3.07. The van der Waals surface area contributed by atoms with E-state index in [2.05, 4.69) is 5.32 Å². The van der Waals surface area contributed by atoms with Crippen LogP contribution in [0.25, 0.3) is 0 Å². The predicted octanol–water partition coefficient (Wildman–Crippen LogP) is 3.07. The monoisotopic (exact) mass is 277 g/mol. The molecule has 0 saturated carbocycles. The minimum atomic E-state index is -1.21. The highest BCUT2D eigenvalue weighted by Gasteiger charge is 2.23. The van der Waals surface area contributed by atoms with Crippen molar-refractivity contribution < 1.29 is 15.0 Å². The number of hydrogen-bond acceptors (Lipinski definition) is 2. The van der Waals surface area contributed by atoms with Crippen LogP contribution in [0.4, 0.5) is 4.79 Å². The van der Waals surface area contributed by atoms with E-state index in [1.165, 1.54) is 6.07 Å². The Labute approximate surface area is 109 Å². The van der Waals surface area contributed by atoms with Crippen LogP contribution in [0.3, 0.4) is 0 Å². The van der Waals surface area contributed by atoms with E-state index in [0.29, 0.717) is 22.0 Å². The van der Waals surface area contributed by atoms with Gasteiger partial charge in [0.05, 0.1) is 12.1 Å². The third kappa shape index (κ3) is 3.77. The summed E-state index contributed by atoms with van der Waals surface area (Å²) < 4.78 is 0. The summed E-state index contributed by atoms with van der Waals surface area (Å²) in [6, 6.07) is 3.95. The number of halogens is 2. The molecule has 94 valence electrons. The smallest absolute Gasteiger partial charge is 0.405 e. The number of amides is 1. The largest absolute Gasteiger partial charge is 0.465 e. The number of carbonyl (C=O) groups is 1. The molecule has 0 heterocycles. The Hall–Kier alpha value is -0.970. The van der Waals surface area contributed by atoms with Crippen LogP contribution in [0, 0.1) is 0 Å². The molecule has 0 spiro atoms. The van der Waals surface area contributed by atoms with Crippen molar-refractivity contribution in [3.63, 3.8) is 0 Å². The van der Waals surface area contributed by atoms with Crippen LogP contribution in [-0.4, -0.2) is 22.4 Å². The Bertz CT molecular complexity index is 412. The second-order valence-electron chi connectivity index (χ2n) is 3.57. The first kappa shape index (κ1) is 14.1. The first-order valence-electron chi connectivity index (χ1n) is 5.08. The molecule has 3 N–H and O–H groups in total. The summed E-state index contributed by atoms with van der Waals surface area (Å²) in [5, 5.41) is 21.6. The number of rotatable bonds is 4. The maximum absolute atomic E-state index is 10.7. The maximum atomic E-state index is 10.7. The highest BCUT2D eigenvalue weighted by atomic mass is 35.5. The summed E-state index contributed by atoms with van der Waals surface area (Å²) in [6.45, 7) is 1.75. The lowest BCUT2D eigenvalue weighted by Gasteiger charge is -2.23. The zero-order valence-corrected chi connectivity index (χ0v) is 10.7. The molecule has 0 fully saturated rings. The van der Waals surface area contributed by atoms with Gasteiger partial charge in [-0.3, -0.25) is 0 Å². The molecule has 0 aliphatic rings. The quantitative estimate of drug-likeness (QED) is 0.792. The molecule has 1 rings (SSSR count). The SMILES string of the molecule is CC[C@@H](O)[C@H](NC(=O)O)c1ccc(Cl)cc1Cl. The van der Waals surface area contributed by atoms with Gasteiger partial charge >= 0.3 is 6.09 Å². The summed E-state index contributed by atoms with van der Waals surface area (Å²) in [4.78, 5) is 10.7. The molecule has 0 bridgehead atoms. The normalized spacial score (nSPS) is 14.1. The second-order valence-corrected chi connectivity index (χ2v) is 4.41. The van der Waals surface area contributed by atoms with Crippen molar-refractivity contribution >= 4 is 29.3 Å². The van der Waals surface area contributed by atoms with Crippen molar-refractivity contribution in [2.75, 3.05) is 0 Å². The van der Waals surface area contributed by atoms with Gasteiger partial charge in [-0.1, -0.05) is 36.2 Å². The number of benzene rings is 1. The van der Waals surface area contributed by atoms with Gasteiger partial charge < -0.3 is 15.5 Å². The molecule has 0 unspecified atom stereocenters. The molecule has 0 radical (unpaired) electrons. The van der Waals surface area contributed by atoms with Gasteiger partial charge in [0.25, 0.3) is 0 Å². The average molecular weight is 278 g/mol. The fourth-order valence-corrected chi connectivity index (χ4v) is 2.03. The van der Waals surface area contributed by atoms with Crippen LogP contribution >= 0.6 is 23.2 Å². The third-order valence-electron chi connectivity index (χ3n) is 2.38. The van der Waals surface area contributed by atoms with Gasteiger partial charge in [0.1, 0.15) is 0 Å². The lowest BCUT2D eigenvalue weighted by molar-refractivity contribution is 0.116. The van der Waals surface area contributed by atoms with Crippen LogP contribution in [0.2, 0.25) is 10.0 Å². The highest BCUT2D eigenvalue weighted by Crippen LogP contribution is 2.29. The van der Waals surface area contributed by atoms with Crippen molar-refractivity contribution in [1.29, 1.82) is 0 Å². The molecule has 0 aromatic heterocycles. The molecule has 1 aromatic rings.